The average molecular weight is 489 g/mol. The van der Waals surface area contributed by atoms with Gasteiger partial charge in [-0.15, -0.1) is 0 Å². The maximum atomic E-state index is 12.1. The van der Waals surface area contributed by atoms with Crippen molar-refractivity contribution in [1.29, 1.82) is 5.26 Å². The zero-order valence-corrected chi connectivity index (χ0v) is 20.0. The van der Waals surface area contributed by atoms with E-state index in [1.54, 1.807) is 36.7 Å². The summed E-state index contributed by atoms with van der Waals surface area (Å²) < 4.78 is 34.8. The molecule has 1 aliphatic carbocycles. The Kier molecular flexibility index (Phi) is 6.09. The number of nitriles is 1. The number of rotatable bonds is 8. The highest BCUT2D eigenvalue weighted by molar-refractivity contribution is 7.92. The third kappa shape index (κ3) is 4.55. The minimum absolute atomic E-state index is 0.0433. The van der Waals surface area contributed by atoms with Gasteiger partial charge in [0.25, 0.3) is 0 Å². The molecule has 1 saturated carbocycles. The second-order valence-electron chi connectivity index (χ2n) is 8.46. The van der Waals surface area contributed by atoms with Crippen LogP contribution in [0.3, 0.4) is 0 Å². The fourth-order valence-corrected chi connectivity index (χ4v) is 5.40. The fourth-order valence-electron chi connectivity index (χ4n) is 4.28. The van der Waals surface area contributed by atoms with Crippen LogP contribution < -0.4 is 9.46 Å². The van der Waals surface area contributed by atoms with Gasteiger partial charge >= 0.3 is 6.01 Å². The standard InChI is InChI=1S/C25H24N6O3S/c1-2-13-35(32,33)30-17-7-10-22(29-16-17)24-21(15-26)20-9-8-19(34-25-27-11-4-12-28-25)14-23(20)31(24)18-5-3-6-18/h4,7-12,14,16,18,30H,2-3,5-6,13H2,1H3. The third-order valence-electron chi connectivity index (χ3n) is 6.03. The summed E-state index contributed by atoms with van der Waals surface area (Å²) >= 11 is 0. The first kappa shape index (κ1) is 22.8. The number of aromatic nitrogens is 4. The first-order chi connectivity index (χ1) is 17.0. The summed E-state index contributed by atoms with van der Waals surface area (Å²) in [7, 11) is -3.41. The van der Waals surface area contributed by atoms with Crippen LogP contribution >= 0.6 is 0 Å². The van der Waals surface area contributed by atoms with E-state index in [0.29, 0.717) is 29.1 Å². The normalized spacial score (nSPS) is 13.8. The summed E-state index contributed by atoms with van der Waals surface area (Å²) in [5, 5.41) is 10.9. The SMILES string of the molecule is CCCS(=O)(=O)Nc1ccc(-c2c(C#N)c3ccc(Oc4ncccn4)cc3n2C2CCC2)nc1. The molecule has 3 aromatic heterocycles. The number of hydrogen-bond acceptors (Lipinski definition) is 7. The summed E-state index contributed by atoms with van der Waals surface area (Å²) in [6.07, 6.45) is 8.37. The van der Waals surface area contributed by atoms with E-state index in [-0.39, 0.29) is 17.8 Å². The van der Waals surface area contributed by atoms with Crippen LogP contribution in [0, 0.1) is 11.3 Å². The highest BCUT2D eigenvalue weighted by Gasteiger charge is 2.28. The Hall–Kier alpha value is -3.97. The van der Waals surface area contributed by atoms with Crippen LogP contribution in [0.1, 0.15) is 44.2 Å². The van der Waals surface area contributed by atoms with E-state index in [1.165, 1.54) is 6.20 Å². The molecule has 0 aliphatic heterocycles. The largest absolute Gasteiger partial charge is 0.424 e. The van der Waals surface area contributed by atoms with E-state index in [2.05, 4.69) is 30.3 Å². The average Bonchev–Trinajstić information content (AvgIpc) is 3.12. The van der Waals surface area contributed by atoms with Gasteiger partial charge in [-0.1, -0.05) is 6.92 Å². The zero-order valence-electron chi connectivity index (χ0n) is 19.2. The molecule has 0 unspecified atom stereocenters. The van der Waals surface area contributed by atoms with Crippen LogP contribution in [0.4, 0.5) is 5.69 Å². The Morgan fingerprint density at radius 1 is 1.17 bits per heavy atom. The Balaban J connectivity index is 1.58. The second kappa shape index (κ2) is 9.35. The predicted molar refractivity (Wildman–Crippen MR) is 133 cm³/mol. The van der Waals surface area contributed by atoms with E-state index >= 15 is 0 Å². The first-order valence-corrected chi connectivity index (χ1v) is 13.1. The number of nitrogens with one attached hydrogen (secondary N) is 1. The molecule has 0 radical (unpaired) electrons. The molecule has 3 heterocycles. The van der Waals surface area contributed by atoms with Gasteiger partial charge in [0.05, 0.1) is 40.1 Å². The second-order valence-corrected chi connectivity index (χ2v) is 10.3. The van der Waals surface area contributed by atoms with Crippen molar-refractivity contribution < 1.29 is 13.2 Å². The number of hydrogen-bond donors (Lipinski definition) is 1. The van der Waals surface area contributed by atoms with Gasteiger partial charge in [-0.3, -0.25) is 9.71 Å². The molecule has 0 spiro atoms. The van der Waals surface area contributed by atoms with E-state index in [1.807, 2.05) is 19.1 Å². The van der Waals surface area contributed by atoms with Gasteiger partial charge in [-0.2, -0.15) is 5.26 Å². The highest BCUT2D eigenvalue weighted by Crippen LogP contribution is 2.43. The van der Waals surface area contributed by atoms with Crippen molar-refractivity contribution in [3.05, 3.63) is 60.6 Å². The van der Waals surface area contributed by atoms with Crippen molar-refractivity contribution in [1.82, 2.24) is 19.5 Å². The van der Waals surface area contributed by atoms with Crippen LogP contribution in [0.25, 0.3) is 22.3 Å². The molecular weight excluding hydrogens is 464 g/mol. The molecule has 178 valence electrons. The summed E-state index contributed by atoms with van der Waals surface area (Å²) in [5.74, 6) is 0.619. The minimum atomic E-state index is -3.41. The van der Waals surface area contributed by atoms with E-state index in [4.69, 9.17) is 4.74 Å². The molecule has 0 atom stereocenters. The van der Waals surface area contributed by atoms with Gasteiger partial charge in [0.1, 0.15) is 11.8 Å². The number of ether oxygens (including phenoxy) is 1. The summed E-state index contributed by atoms with van der Waals surface area (Å²) in [4.78, 5) is 12.8. The van der Waals surface area contributed by atoms with Gasteiger partial charge in [0.15, 0.2) is 0 Å². The smallest absolute Gasteiger partial charge is 0.321 e. The Bertz CT molecular complexity index is 1510. The Morgan fingerprint density at radius 2 is 1.97 bits per heavy atom. The number of anilines is 1. The number of pyridine rings is 1. The molecule has 9 nitrogen and oxygen atoms in total. The molecule has 1 fully saturated rings. The van der Waals surface area contributed by atoms with E-state index in [0.717, 1.165) is 35.9 Å². The maximum Gasteiger partial charge on any atom is 0.321 e. The van der Waals surface area contributed by atoms with Gasteiger partial charge in [0.2, 0.25) is 10.0 Å². The molecule has 5 rings (SSSR count). The quantitative estimate of drug-likeness (QED) is 0.369. The lowest BCUT2D eigenvalue weighted by atomic mass is 9.92. The molecule has 35 heavy (non-hydrogen) atoms. The third-order valence-corrected chi connectivity index (χ3v) is 7.52. The van der Waals surface area contributed by atoms with E-state index < -0.39 is 10.0 Å². The van der Waals surface area contributed by atoms with Crippen LogP contribution in [0.5, 0.6) is 11.8 Å². The summed E-state index contributed by atoms with van der Waals surface area (Å²) in [5.41, 5.74) is 3.14. The lowest BCUT2D eigenvalue weighted by molar-refractivity contribution is 0.323. The lowest BCUT2D eigenvalue weighted by Gasteiger charge is -2.30. The van der Waals surface area contributed by atoms with Gasteiger partial charge < -0.3 is 9.30 Å². The molecule has 1 aliphatic rings. The minimum Gasteiger partial charge on any atom is -0.424 e. The molecule has 4 aromatic rings. The zero-order chi connectivity index (χ0) is 24.4. The number of fused-ring (bicyclic) bond motifs is 1. The molecule has 1 aromatic carbocycles. The summed E-state index contributed by atoms with van der Waals surface area (Å²) in [6.45, 7) is 1.81. The monoisotopic (exact) mass is 488 g/mol. The maximum absolute atomic E-state index is 12.1. The van der Waals surface area contributed by atoms with Gasteiger partial charge in [-0.25, -0.2) is 18.4 Å². The van der Waals surface area contributed by atoms with Gasteiger partial charge in [-0.05, 0) is 56.0 Å². The topological polar surface area (TPSA) is 123 Å². The molecule has 1 N–H and O–H groups in total. The predicted octanol–water partition coefficient (Wildman–Crippen LogP) is 5.03. The van der Waals surface area contributed by atoms with Crippen molar-refractivity contribution in [3.8, 4) is 29.2 Å². The van der Waals surface area contributed by atoms with Crippen LogP contribution in [-0.2, 0) is 10.0 Å². The molecule has 0 amide bonds. The molecule has 10 heteroatoms. The van der Waals surface area contributed by atoms with Crippen LogP contribution in [0.15, 0.2) is 55.0 Å². The van der Waals surface area contributed by atoms with Crippen molar-refractivity contribution in [2.24, 2.45) is 0 Å². The van der Waals surface area contributed by atoms with Crippen molar-refractivity contribution in [2.45, 2.75) is 38.6 Å². The van der Waals surface area contributed by atoms with Crippen molar-refractivity contribution in [2.75, 3.05) is 10.5 Å². The van der Waals surface area contributed by atoms with Crippen molar-refractivity contribution in [3.63, 3.8) is 0 Å². The van der Waals surface area contributed by atoms with Crippen molar-refractivity contribution >= 4 is 26.6 Å². The number of benzene rings is 1. The Labute approximate surface area is 203 Å². The molecule has 0 bridgehead atoms. The molecular formula is C25H24N6O3S. The lowest BCUT2D eigenvalue weighted by Crippen LogP contribution is -2.18. The van der Waals surface area contributed by atoms with Gasteiger partial charge in [0, 0.05) is 29.9 Å². The Morgan fingerprint density at radius 3 is 2.60 bits per heavy atom. The first-order valence-electron chi connectivity index (χ1n) is 11.5. The highest BCUT2D eigenvalue weighted by atomic mass is 32.2. The number of nitrogens with zero attached hydrogens (tertiary/aromatic N) is 5. The van der Waals surface area contributed by atoms with Crippen LogP contribution in [-0.4, -0.2) is 33.7 Å². The summed E-state index contributed by atoms with van der Waals surface area (Å²) in [6, 6.07) is 13.6. The number of sulfonamides is 1. The van der Waals surface area contributed by atoms with E-state index in [9.17, 15) is 13.7 Å². The molecule has 0 saturated heterocycles. The fraction of sp³-hybridized carbons (Fsp3) is 0.280. The van der Waals surface area contributed by atoms with Crippen LogP contribution in [0.2, 0.25) is 0 Å².